The number of aliphatic hydroxyl groups is 3. The van der Waals surface area contributed by atoms with Crippen LogP contribution in [0.5, 0.6) is 0 Å². The van der Waals surface area contributed by atoms with Gasteiger partial charge in [0.25, 0.3) is 0 Å². The first-order valence-electron chi connectivity index (χ1n) is 3.40. The maximum Gasteiger partial charge on any atom is 0.338 e. The van der Waals surface area contributed by atoms with Gasteiger partial charge in [0.05, 0.1) is 5.97 Å². The summed E-state index contributed by atoms with van der Waals surface area (Å²) in [7, 11) is 0. The van der Waals surface area contributed by atoms with Crippen molar-refractivity contribution >= 4 is 11.9 Å². The Labute approximate surface area is 72.2 Å². The van der Waals surface area contributed by atoms with Crippen molar-refractivity contribution in [3.8, 4) is 0 Å². The zero-order valence-electron chi connectivity index (χ0n) is 6.28. The number of cyclic esters (lactones) is 1. The summed E-state index contributed by atoms with van der Waals surface area (Å²) in [6.07, 6.45) is -7.39. The van der Waals surface area contributed by atoms with Crippen molar-refractivity contribution in [1.29, 1.82) is 0 Å². The summed E-state index contributed by atoms with van der Waals surface area (Å²) in [5.74, 6) is -3.05. The highest BCUT2D eigenvalue weighted by Crippen LogP contribution is 2.18. The predicted octanol–water partition coefficient (Wildman–Crippen LogP) is -4.26. The molecule has 7 heteroatoms. The third-order valence-electron chi connectivity index (χ3n) is 1.71. The number of carboxylic acids is 1. The molecule has 1 fully saturated rings. The molecule has 0 spiro atoms. The number of hydrogen-bond acceptors (Lipinski definition) is 7. The number of rotatable bonds is 2. The molecular weight excluding hydrogens is 184 g/mol. The molecule has 7 nitrogen and oxygen atoms in total. The molecule has 0 bridgehead atoms. The first kappa shape index (κ1) is 9.90. The van der Waals surface area contributed by atoms with Crippen molar-refractivity contribution in [3.05, 3.63) is 0 Å². The number of aliphatic carboxylic acids is 1. The lowest BCUT2D eigenvalue weighted by Gasteiger charge is -2.20. The van der Waals surface area contributed by atoms with E-state index >= 15 is 0 Å². The van der Waals surface area contributed by atoms with Crippen molar-refractivity contribution in [2.75, 3.05) is 0 Å². The fraction of sp³-hybridized carbons (Fsp3) is 0.667. The van der Waals surface area contributed by atoms with Crippen molar-refractivity contribution < 1.29 is 34.8 Å². The van der Waals surface area contributed by atoms with Gasteiger partial charge in [0.2, 0.25) is 0 Å². The summed E-state index contributed by atoms with van der Waals surface area (Å²) < 4.78 is 4.20. The van der Waals surface area contributed by atoms with Gasteiger partial charge in [-0.2, -0.15) is 0 Å². The van der Waals surface area contributed by atoms with E-state index in [9.17, 15) is 14.7 Å². The Morgan fingerprint density at radius 2 is 2.08 bits per heavy atom. The zero-order valence-corrected chi connectivity index (χ0v) is 6.28. The van der Waals surface area contributed by atoms with Gasteiger partial charge in [-0.25, -0.2) is 4.79 Å². The fourth-order valence-corrected chi connectivity index (χ4v) is 0.978. The quantitative estimate of drug-likeness (QED) is 0.377. The van der Waals surface area contributed by atoms with Gasteiger partial charge in [0.15, 0.2) is 12.2 Å². The van der Waals surface area contributed by atoms with Crippen LogP contribution in [0.15, 0.2) is 0 Å². The number of hydrogen-bond donors (Lipinski definition) is 3. The maximum atomic E-state index is 10.6. The van der Waals surface area contributed by atoms with Crippen molar-refractivity contribution in [3.63, 3.8) is 0 Å². The highest BCUT2D eigenvalue weighted by molar-refractivity contribution is 5.80. The van der Waals surface area contributed by atoms with Gasteiger partial charge in [0.1, 0.15) is 12.2 Å². The van der Waals surface area contributed by atoms with E-state index in [1.54, 1.807) is 0 Å². The molecule has 0 amide bonds. The standard InChI is InChI=1S/C6H8O7/c7-1-2(8)6(12)13-4(1)3(9)5(10)11/h1-4,7-9H,(H,10,11)/p-1/t1-,2-,3+,4+/m1/s1. The number of carbonyl (C=O) groups excluding carboxylic acids is 2. The molecule has 1 aliphatic rings. The van der Waals surface area contributed by atoms with Gasteiger partial charge < -0.3 is 30.0 Å². The predicted molar refractivity (Wildman–Crippen MR) is 32.9 cm³/mol. The summed E-state index contributed by atoms with van der Waals surface area (Å²) in [6, 6.07) is 0. The van der Waals surface area contributed by atoms with Crippen molar-refractivity contribution in [2.45, 2.75) is 24.4 Å². The maximum absolute atomic E-state index is 10.6. The van der Waals surface area contributed by atoms with E-state index < -0.39 is 36.4 Å². The SMILES string of the molecule is O=C([O-])[C@@H](O)[C@H]1OC(=O)[C@H](O)[C@H]1O. The van der Waals surface area contributed by atoms with Crippen molar-refractivity contribution in [1.82, 2.24) is 0 Å². The zero-order chi connectivity index (χ0) is 10.2. The normalized spacial score (nSPS) is 35.6. The summed E-state index contributed by atoms with van der Waals surface area (Å²) >= 11 is 0. The largest absolute Gasteiger partial charge is 0.547 e. The smallest absolute Gasteiger partial charge is 0.338 e. The molecule has 1 heterocycles. The second-order valence-corrected chi connectivity index (χ2v) is 2.60. The number of carboxylic acid groups (broad SMARTS) is 1. The van der Waals surface area contributed by atoms with E-state index in [4.69, 9.17) is 15.3 Å². The molecule has 1 aliphatic heterocycles. The molecule has 0 radical (unpaired) electrons. The van der Waals surface area contributed by atoms with Gasteiger partial charge >= 0.3 is 5.97 Å². The average molecular weight is 191 g/mol. The summed E-state index contributed by atoms with van der Waals surface area (Å²) in [5.41, 5.74) is 0. The van der Waals surface area contributed by atoms with Crippen LogP contribution < -0.4 is 5.11 Å². The highest BCUT2D eigenvalue weighted by atomic mass is 16.6. The van der Waals surface area contributed by atoms with Gasteiger partial charge in [0, 0.05) is 0 Å². The van der Waals surface area contributed by atoms with Crippen LogP contribution in [0.1, 0.15) is 0 Å². The van der Waals surface area contributed by atoms with Gasteiger partial charge in [-0.15, -0.1) is 0 Å². The molecule has 0 unspecified atom stereocenters. The van der Waals surface area contributed by atoms with E-state index in [-0.39, 0.29) is 0 Å². The van der Waals surface area contributed by atoms with E-state index in [1.807, 2.05) is 0 Å². The van der Waals surface area contributed by atoms with E-state index in [2.05, 4.69) is 4.74 Å². The van der Waals surface area contributed by atoms with Crippen LogP contribution in [0.25, 0.3) is 0 Å². The highest BCUT2D eigenvalue weighted by Gasteiger charge is 2.46. The van der Waals surface area contributed by atoms with Crippen molar-refractivity contribution in [2.24, 2.45) is 0 Å². The molecule has 74 valence electrons. The summed E-state index contributed by atoms with van der Waals surface area (Å²) in [4.78, 5) is 20.7. The topological polar surface area (TPSA) is 127 Å². The molecule has 1 rings (SSSR count). The van der Waals surface area contributed by atoms with Crippen LogP contribution in [0.4, 0.5) is 0 Å². The molecule has 0 aliphatic carbocycles. The molecule has 1 saturated heterocycles. The Kier molecular flexibility index (Phi) is 2.50. The number of aliphatic hydroxyl groups excluding tert-OH is 3. The molecule has 13 heavy (non-hydrogen) atoms. The summed E-state index contributed by atoms with van der Waals surface area (Å²) in [5, 5.41) is 36.7. The lowest BCUT2D eigenvalue weighted by Crippen LogP contribution is -2.48. The second kappa shape index (κ2) is 3.29. The minimum absolute atomic E-state index is 1.17. The Balaban J connectivity index is 2.73. The number of carbonyl (C=O) groups is 2. The average Bonchev–Trinajstić information content (AvgIpc) is 2.31. The number of ether oxygens (including phenoxy) is 1. The van der Waals surface area contributed by atoms with Gasteiger partial charge in [-0.1, -0.05) is 0 Å². The summed E-state index contributed by atoms with van der Waals surface area (Å²) in [6.45, 7) is 0. The molecule has 0 saturated carbocycles. The van der Waals surface area contributed by atoms with Crippen LogP contribution in [0.3, 0.4) is 0 Å². The molecule has 3 N–H and O–H groups in total. The van der Waals surface area contributed by atoms with E-state index in [0.29, 0.717) is 0 Å². The molecular formula is C6H7O7-. The Bertz CT molecular complexity index is 237. The van der Waals surface area contributed by atoms with Crippen LogP contribution in [0.2, 0.25) is 0 Å². The van der Waals surface area contributed by atoms with Crippen LogP contribution >= 0.6 is 0 Å². The third-order valence-corrected chi connectivity index (χ3v) is 1.71. The lowest BCUT2D eigenvalue weighted by molar-refractivity contribution is -0.319. The Morgan fingerprint density at radius 1 is 1.54 bits per heavy atom. The Morgan fingerprint density at radius 3 is 2.38 bits per heavy atom. The molecule has 4 atom stereocenters. The monoisotopic (exact) mass is 191 g/mol. The first-order valence-corrected chi connectivity index (χ1v) is 3.40. The van der Waals surface area contributed by atoms with E-state index in [0.717, 1.165) is 0 Å². The van der Waals surface area contributed by atoms with Gasteiger partial charge in [-0.3, -0.25) is 0 Å². The fourth-order valence-electron chi connectivity index (χ4n) is 0.978. The third kappa shape index (κ3) is 1.62. The minimum Gasteiger partial charge on any atom is -0.547 e. The molecule has 0 aromatic heterocycles. The van der Waals surface area contributed by atoms with Crippen LogP contribution in [0, 0.1) is 0 Å². The van der Waals surface area contributed by atoms with Gasteiger partial charge in [-0.05, 0) is 0 Å². The van der Waals surface area contributed by atoms with Crippen LogP contribution in [-0.2, 0) is 14.3 Å². The molecule has 0 aromatic rings. The first-order chi connectivity index (χ1) is 5.95. The van der Waals surface area contributed by atoms with E-state index in [1.165, 1.54) is 0 Å². The van der Waals surface area contributed by atoms with Crippen LogP contribution in [-0.4, -0.2) is 51.7 Å². The minimum atomic E-state index is -2.14. The second-order valence-electron chi connectivity index (χ2n) is 2.60. The lowest BCUT2D eigenvalue weighted by atomic mass is 10.1. The number of esters is 1. The molecule has 0 aromatic carbocycles. The Hall–Kier alpha value is -1.18.